The summed E-state index contributed by atoms with van der Waals surface area (Å²) < 4.78 is 0. The summed E-state index contributed by atoms with van der Waals surface area (Å²) in [6.45, 7) is 5.70. The summed E-state index contributed by atoms with van der Waals surface area (Å²) in [7, 11) is 0. The first-order valence-corrected chi connectivity index (χ1v) is 9.18. The summed E-state index contributed by atoms with van der Waals surface area (Å²) in [6.07, 6.45) is 12.4. The highest BCUT2D eigenvalue weighted by Gasteiger charge is 2.30. The molecule has 0 spiro atoms. The predicted octanol–water partition coefficient (Wildman–Crippen LogP) is 5.65. The minimum atomic E-state index is 0.608. The average Bonchev–Trinajstić information content (AvgIpc) is 2.86. The molecule has 21 heavy (non-hydrogen) atoms. The molecule has 1 aromatic carbocycles. The van der Waals surface area contributed by atoms with Crippen molar-refractivity contribution in [2.75, 3.05) is 6.54 Å². The van der Waals surface area contributed by atoms with E-state index in [0.717, 1.165) is 12.5 Å². The van der Waals surface area contributed by atoms with Crippen LogP contribution in [0.5, 0.6) is 0 Å². The first kappa shape index (κ1) is 16.5. The lowest BCUT2D eigenvalue weighted by atomic mass is 9.93. The van der Waals surface area contributed by atoms with E-state index in [4.69, 9.17) is 0 Å². The van der Waals surface area contributed by atoms with Crippen LogP contribution in [0, 0.1) is 5.92 Å². The summed E-state index contributed by atoms with van der Waals surface area (Å²) in [5.74, 6) is 0.820. The molecule has 1 aliphatic carbocycles. The molecule has 0 saturated carbocycles. The van der Waals surface area contributed by atoms with E-state index in [2.05, 4.69) is 43.4 Å². The van der Waals surface area contributed by atoms with Crippen LogP contribution in [0.4, 0.5) is 0 Å². The van der Waals surface area contributed by atoms with Crippen LogP contribution in [0.15, 0.2) is 24.3 Å². The third kappa shape index (κ3) is 4.85. The quantitative estimate of drug-likeness (QED) is 0.548. The normalized spacial score (nSPS) is 20.7. The molecule has 1 aromatic rings. The van der Waals surface area contributed by atoms with E-state index in [-0.39, 0.29) is 0 Å². The van der Waals surface area contributed by atoms with Gasteiger partial charge in [0.2, 0.25) is 0 Å². The molecule has 2 rings (SSSR count). The Bertz CT molecular complexity index is 399. The van der Waals surface area contributed by atoms with Crippen molar-refractivity contribution in [3.8, 4) is 0 Å². The van der Waals surface area contributed by atoms with Crippen LogP contribution in [0.25, 0.3) is 0 Å². The van der Waals surface area contributed by atoms with Crippen LogP contribution in [-0.4, -0.2) is 6.54 Å². The van der Waals surface area contributed by atoms with Crippen LogP contribution in [0.3, 0.4) is 0 Å². The third-order valence-corrected chi connectivity index (χ3v) is 4.89. The van der Waals surface area contributed by atoms with Crippen molar-refractivity contribution in [3.63, 3.8) is 0 Å². The number of hydrogen-bond donors (Lipinski definition) is 1. The van der Waals surface area contributed by atoms with Gasteiger partial charge in [-0.25, -0.2) is 0 Å². The summed E-state index contributed by atoms with van der Waals surface area (Å²) in [5.41, 5.74) is 3.16. The molecule has 1 N–H and O–H groups in total. The van der Waals surface area contributed by atoms with Gasteiger partial charge in [0.15, 0.2) is 0 Å². The number of benzene rings is 1. The second kappa shape index (κ2) is 9.25. The Hall–Kier alpha value is -0.820. The zero-order valence-electron chi connectivity index (χ0n) is 14.0. The van der Waals surface area contributed by atoms with Gasteiger partial charge in [0.05, 0.1) is 0 Å². The predicted molar refractivity (Wildman–Crippen MR) is 92.7 cm³/mol. The second-order valence-electron chi connectivity index (χ2n) is 6.65. The standard InChI is InChI=1S/C20H33N/c1-3-5-6-7-8-9-13-18-16-17-12-10-11-14-19(17)20(18)21-15-4-2/h10-12,14,18,20-21H,3-9,13,15-16H2,1-2H3. The van der Waals surface area contributed by atoms with Crippen LogP contribution in [0.1, 0.15) is 82.4 Å². The minimum Gasteiger partial charge on any atom is -0.310 e. The number of rotatable bonds is 10. The van der Waals surface area contributed by atoms with E-state index >= 15 is 0 Å². The molecule has 1 heteroatoms. The highest BCUT2D eigenvalue weighted by molar-refractivity contribution is 5.35. The Balaban J connectivity index is 1.81. The number of nitrogens with one attached hydrogen (secondary N) is 1. The van der Waals surface area contributed by atoms with E-state index in [1.165, 1.54) is 57.8 Å². The van der Waals surface area contributed by atoms with E-state index in [9.17, 15) is 0 Å². The molecule has 0 amide bonds. The molecule has 0 aliphatic heterocycles. The molecular formula is C20H33N. The van der Waals surface area contributed by atoms with E-state index in [1.54, 1.807) is 11.1 Å². The summed E-state index contributed by atoms with van der Waals surface area (Å²) in [4.78, 5) is 0. The van der Waals surface area contributed by atoms with Gasteiger partial charge in [0.1, 0.15) is 0 Å². The number of unbranched alkanes of at least 4 members (excludes halogenated alkanes) is 5. The number of hydrogen-bond acceptors (Lipinski definition) is 1. The van der Waals surface area contributed by atoms with Gasteiger partial charge in [0, 0.05) is 6.04 Å². The fraction of sp³-hybridized carbons (Fsp3) is 0.700. The van der Waals surface area contributed by atoms with Gasteiger partial charge in [-0.3, -0.25) is 0 Å². The van der Waals surface area contributed by atoms with Crippen molar-refractivity contribution in [3.05, 3.63) is 35.4 Å². The molecule has 2 atom stereocenters. The molecule has 0 fully saturated rings. The molecule has 0 radical (unpaired) electrons. The molecule has 0 bridgehead atoms. The lowest BCUT2D eigenvalue weighted by molar-refractivity contribution is 0.354. The highest BCUT2D eigenvalue weighted by Crippen LogP contribution is 2.38. The van der Waals surface area contributed by atoms with Gasteiger partial charge in [-0.1, -0.05) is 76.6 Å². The van der Waals surface area contributed by atoms with Gasteiger partial charge in [0.25, 0.3) is 0 Å². The van der Waals surface area contributed by atoms with Crippen molar-refractivity contribution in [2.24, 2.45) is 5.92 Å². The zero-order chi connectivity index (χ0) is 14.9. The first-order chi connectivity index (χ1) is 10.4. The Morgan fingerprint density at radius 3 is 2.52 bits per heavy atom. The molecule has 2 unspecified atom stereocenters. The van der Waals surface area contributed by atoms with Crippen LogP contribution >= 0.6 is 0 Å². The average molecular weight is 287 g/mol. The lowest BCUT2D eigenvalue weighted by Gasteiger charge is -2.22. The minimum absolute atomic E-state index is 0.608. The summed E-state index contributed by atoms with van der Waals surface area (Å²) in [6, 6.07) is 9.67. The highest BCUT2D eigenvalue weighted by atomic mass is 14.9. The first-order valence-electron chi connectivity index (χ1n) is 9.18. The molecule has 1 nitrogen and oxygen atoms in total. The van der Waals surface area contributed by atoms with Gasteiger partial charge in [-0.15, -0.1) is 0 Å². The SMILES string of the molecule is CCCCCCCCC1Cc2ccccc2C1NCCC. The van der Waals surface area contributed by atoms with Crippen molar-refractivity contribution in [1.82, 2.24) is 5.32 Å². The molecule has 118 valence electrons. The molecule has 0 heterocycles. The maximum absolute atomic E-state index is 3.80. The Morgan fingerprint density at radius 1 is 0.952 bits per heavy atom. The Labute approximate surface area is 131 Å². The number of fused-ring (bicyclic) bond motifs is 1. The maximum Gasteiger partial charge on any atom is 0.0354 e. The summed E-state index contributed by atoms with van der Waals surface area (Å²) >= 11 is 0. The van der Waals surface area contributed by atoms with E-state index in [0.29, 0.717) is 6.04 Å². The second-order valence-corrected chi connectivity index (χ2v) is 6.65. The third-order valence-electron chi connectivity index (χ3n) is 4.89. The van der Waals surface area contributed by atoms with Crippen molar-refractivity contribution >= 4 is 0 Å². The van der Waals surface area contributed by atoms with Crippen LogP contribution in [-0.2, 0) is 6.42 Å². The fourth-order valence-corrected chi connectivity index (χ4v) is 3.71. The molecule has 0 aromatic heterocycles. The smallest absolute Gasteiger partial charge is 0.0354 e. The Morgan fingerprint density at radius 2 is 1.71 bits per heavy atom. The largest absolute Gasteiger partial charge is 0.310 e. The van der Waals surface area contributed by atoms with Crippen molar-refractivity contribution in [2.45, 2.75) is 77.7 Å². The van der Waals surface area contributed by atoms with E-state index < -0.39 is 0 Å². The summed E-state index contributed by atoms with van der Waals surface area (Å²) in [5, 5.41) is 3.80. The van der Waals surface area contributed by atoms with Gasteiger partial charge in [-0.2, -0.15) is 0 Å². The topological polar surface area (TPSA) is 12.0 Å². The molecule has 1 aliphatic rings. The van der Waals surface area contributed by atoms with Gasteiger partial charge < -0.3 is 5.32 Å². The van der Waals surface area contributed by atoms with Crippen molar-refractivity contribution in [1.29, 1.82) is 0 Å². The molecule has 0 saturated heterocycles. The van der Waals surface area contributed by atoms with Gasteiger partial charge >= 0.3 is 0 Å². The van der Waals surface area contributed by atoms with Crippen LogP contribution in [0.2, 0.25) is 0 Å². The monoisotopic (exact) mass is 287 g/mol. The molecular weight excluding hydrogens is 254 g/mol. The lowest BCUT2D eigenvalue weighted by Crippen LogP contribution is -2.26. The van der Waals surface area contributed by atoms with E-state index in [1.807, 2.05) is 0 Å². The van der Waals surface area contributed by atoms with Crippen molar-refractivity contribution < 1.29 is 0 Å². The van der Waals surface area contributed by atoms with Crippen LogP contribution < -0.4 is 5.32 Å². The Kier molecular flexibility index (Phi) is 7.29. The maximum atomic E-state index is 3.80. The fourth-order valence-electron chi connectivity index (χ4n) is 3.71. The zero-order valence-corrected chi connectivity index (χ0v) is 14.0. The van der Waals surface area contributed by atoms with Gasteiger partial charge in [-0.05, 0) is 42.9 Å².